The Kier molecular flexibility index (Phi) is 10.9. The molecule has 6 heteroatoms. The maximum Gasteiger partial charge on any atom is 0.123 e. The van der Waals surface area contributed by atoms with E-state index >= 15 is 0 Å². The molecule has 4 nitrogen and oxygen atoms in total. The van der Waals surface area contributed by atoms with Crippen molar-refractivity contribution in [2.75, 3.05) is 9.80 Å². The van der Waals surface area contributed by atoms with Crippen molar-refractivity contribution in [2.24, 2.45) is 0 Å². The van der Waals surface area contributed by atoms with Gasteiger partial charge in [-0.05, 0) is 154 Å². The SMILES string of the molecule is Fc1ccc(-n2c3ccccc3c3cc(N(c4ccc(-c5c6ccccc6c(N(c6ccc7c(c6)c6ccccc6n7-c6ccc(F)cc6)c6cccc7ccccc67)c6ccccc56)cc4)c4cccc5ccccc45)ccc32)cc1. The van der Waals surface area contributed by atoms with Gasteiger partial charge >= 0.3 is 0 Å². The van der Waals surface area contributed by atoms with Crippen molar-refractivity contribution in [3.63, 3.8) is 0 Å². The number of hydrogen-bond acceptors (Lipinski definition) is 2. The van der Waals surface area contributed by atoms with Crippen molar-refractivity contribution in [1.29, 1.82) is 0 Å². The lowest BCUT2D eigenvalue weighted by molar-refractivity contribution is 0.627. The fourth-order valence-electron chi connectivity index (χ4n) is 13.0. The molecule has 82 heavy (non-hydrogen) atoms. The minimum atomic E-state index is -0.264. The van der Waals surface area contributed by atoms with Crippen LogP contribution in [0.5, 0.6) is 0 Å². The lowest BCUT2D eigenvalue weighted by Crippen LogP contribution is -2.12. The molecule has 0 amide bonds. The first-order valence-electron chi connectivity index (χ1n) is 27.7. The summed E-state index contributed by atoms with van der Waals surface area (Å²) in [6, 6.07) is 101. The second-order valence-corrected chi connectivity index (χ2v) is 21.1. The Balaban J connectivity index is 0.893. The number of aromatic nitrogens is 2. The number of para-hydroxylation sites is 2. The van der Waals surface area contributed by atoms with Crippen LogP contribution in [-0.2, 0) is 0 Å². The normalized spacial score (nSPS) is 11.8. The zero-order valence-corrected chi connectivity index (χ0v) is 44.3. The lowest BCUT2D eigenvalue weighted by Gasteiger charge is -2.31. The first-order chi connectivity index (χ1) is 40.5. The molecule has 0 unspecified atom stereocenters. The van der Waals surface area contributed by atoms with Gasteiger partial charge in [0, 0.05) is 71.5 Å². The molecule has 2 heterocycles. The van der Waals surface area contributed by atoms with Gasteiger partial charge in [-0.25, -0.2) is 8.78 Å². The van der Waals surface area contributed by atoms with E-state index in [0.717, 1.165) is 143 Å². The average Bonchev–Trinajstić information content (AvgIpc) is 4.20. The summed E-state index contributed by atoms with van der Waals surface area (Å²) in [7, 11) is 0. The van der Waals surface area contributed by atoms with Gasteiger partial charge in [-0.3, -0.25) is 0 Å². The number of fused-ring (bicyclic) bond motifs is 10. The van der Waals surface area contributed by atoms with E-state index in [1.165, 1.54) is 24.3 Å². The molecular formula is C76H48F2N4. The van der Waals surface area contributed by atoms with E-state index < -0.39 is 0 Å². The summed E-state index contributed by atoms with van der Waals surface area (Å²) in [5.41, 5.74) is 14.5. The zero-order valence-electron chi connectivity index (χ0n) is 44.3. The Hall–Kier alpha value is -10.8. The quantitative estimate of drug-likeness (QED) is 0.134. The second-order valence-electron chi connectivity index (χ2n) is 21.1. The number of hydrogen-bond donors (Lipinski definition) is 0. The summed E-state index contributed by atoms with van der Waals surface area (Å²) in [5.74, 6) is -0.526. The standard InChI is InChI=1S/C76H48F2N4/c77-52-33-39-55(40-34-52)80-71-27-11-9-21-61(71)67-47-57(43-45-73(67)80)79(69-29-13-17-49-15-1-3-19-59(49)69)54-37-31-51(32-38-54)75-63-23-5-7-25-65(63)76(66-26-8-6-24-64(66)75)82(70-30-14-18-50-16-2-4-20-60(50)70)58-44-46-74-68(48-58)62-22-10-12-28-72(62)81(74)56-41-35-53(78)36-42-56/h1-48H. The van der Waals surface area contributed by atoms with Gasteiger partial charge in [0.25, 0.3) is 0 Å². The fourth-order valence-corrected chi connectivity index (χ4v) is 13.0. The molecule has 386 valence electrons. The van der Waals surface area contributed by atoms with Crippen LogP contribution in [0.2, 0.25) is 0 Å². The summed E-state index contributed by atoms with van der Waals surface area (Å²) < 4.78 is 33.1. The molecule has 0 bridgehead atoms. The van der Waals surface area contributed by atoms with Crippen LogP contribution in [0.1, 0.15) is 0 Å². The topological polar surface area (TPSA) is 16.3 Å². The van der Waals surface area contributed by atoms with Crippen molar-refractivity contribution in [3.8, 4) is 22.5 Å². The minimum Gasteiger partial charge on any atom is -0.310 e. The van der Waals surface area contributed by atoms with E-state index in [1.54, 1.807) is 0 Å². The van der Waals surface area contributed by atoms with Crippen LogP contribution in [-0.4, -0.2) is 9.13 Å². The predicted molar refractivity (Wildman–Crippen MR) is 340 cm³/mol. The van der Waals surface area contributed by atoms with Crippen molar-refractivity contribution in [1.82, 2.24) is 9.13 Å². The summed E-state index contributed by atoms with van der Waals surface area (Å²) in [6.07, 6.45) is 0. The molecule has 0 atom stereocenters. The third kappa shape index (κ3) is 7.49. The highest BCUT2D eigenvalue weighted by Gasteiger charge is 2.26. The molecule has 0 saturated carbocycles. The highest BCUT2D eigenvalue weighted by atomic mass is 19.1. The lowest BCUT2D eigenvalue weighted by atomic mass is 9.89. The number of halogens is 2. The highest BCUT2D eigenvalue weighted by Crippen LogP contribution is 2.51. The minimum absolute atomic E-state index is 0.262. The van der Waals surface area contributed by atoms with E-state index in [0.29, 0.717) is 0 Å². The smallest absolute Gasteiger partial charge is 0.123 e. The molecule has 0 spiro atoms. The molecule has 0 aliphatic carbocycles. The summed E-state index contributed by atoms with van der Waals surface area (Å²) in [6.45, 7) is 0. The van der Waals surface area contributed by atoms with Crippen molar-refractivity contribution in [3.05, 3.63) is 303 Å². The van der Waals surface area contributed by atoms with Gasteiger partial charge in [-0.1, -0.05) is 170 Å². The maximum absolute atomic E-state index is 14.4. The fraction of sp³-hybridized carbons (Fsp3) is 0. The summed E-state index contributed by atoms with van der Waals surface area (Å²) in [4.78, 5) is 4.85. The maximum atomic E-state index is 14.4. The Morgan fingerprint density at radius 2 is 0.622 bits per heavy atom. The van der Waals surface area contributed by atoms with Crippen LogP contribution < -0.4 is 9.80 Å². The number of nitrogens with zero attached hydrogens (tertiary/aromatic N) is 4. The third-order valence-corrected chi connectivity index (χ3v) is 16.6. The van der Waals surface area contributed by atoms with Crippen LogP contribution in [0.4, 0.5) is 42.9 Å². The Bertz CT molecular complexity index is 5130. The van der Waals surface area contributed by atoms with Crippen LogP contribution >= 0.6 is 0 Å². The monoisotopic (exact) mass is 1050 g/mol. The molecule has 16 aromatic rings. The first-order valence-corrected chi connectivity index (χ1v) is 27.7. The molecule has 0 N–H and O–H groups in total. The molecular weight excluding hydrogens is 1010 g/mol. The van der Waals surface area contributed by atoms with Gasteiger partial charge in [0.05, 0.1) is 39.1 Å². The van der Waals surface area contributed by atoms with Crippen molar-refractivity contribution in [2.45, 2.75) is 0 Å². The zero-order chi connectivity index (χ0) is 54.4. The van der Waals surface area contributed by atoms with Crippen molar-refractivity contribution >= 4 is 121 Å². The molecule has 14 aromatic carbocycles. The van der Waals surface area contributed by atoms with E-state index in [9.17, 15) is 8.78 Å². The second kappa shape index (κ2) is 18.9. The number of anilines is 6. The molecule has 0 aliphatic rings. The summed E-state index contributed by atoms with van der Waals surface area (Å²) >= 11 is 0. The largest absolute Gasteiger partial charge is 0.310 e. The van der Waals surface area contributed by atoms with E-state index in [2.05, 4.69) is 262 Å². The number of rotatable bonds is 9. The average molecular weight is 1060 g/mol. The molecule has 0 aliphatic heterocycles. The van der Waals surface area contributed by atoms with Gasteiger partial charge in [0.2, 0.25) is 0 Å². The first kappa shape index (κ1) is 47.2. The van der Waals surface area contributed by atoms with Gasteiger partial charge < -0.3 is 18.9 Å². The van der Waals surface area contributed by atoms with Gasteiger partial charge in [-0.15, -0.1) is 0 Å². The third-order valence-electron chi connectivity index (χ3n) is 16.6. The van der Waals surface area contributed by atoms with E-state index in [4.69, 9.17) is 0 Å². The van der Waals surface area contributed by atoms with Gasteiger partial charge in [0.15, 0.2) is 0 Å². The number of benzene rings is 14. The van der Waals surface area contributed by atoms with E-state index in [-0.39, 0.29) is 11.6 Å². The van der Waals surface area contributed by atoms with Crippen molar-refractivity contribution < 1.29 is 8.78 Å². The Morgan fingerprint density at radius 1 is 0.256 bits per heavy atom. The van der Waals surface area contributed by atoms with Crippen LogP contribution in [0.3, 0.4) is 0 Å². The summed E-state index contributed by atoms with van der Waals surface area (Å²) in [5, 5.41) is 13.5. The van der Waals surface area contributed by atoms with Crippen LogP contribution in [0, 0.1) is 11.6 Å². The Labute approximate surface area is 471 Å². The Morgan fingerprint density at radius 3 is 1.11 bits per heavy atom. The van der Waals surface area contributed by atoms with Crippen LogP contribution in [0.25, 0.3) is 109 Å². The molecule has 0 saturated heterocycles. The van der Waals surface area contributed by atoms with Gasteiger partial charge in [0.1, 0.15) is 11.6 Å². The van der Waals surface area contributed by atoms with E-state index in [1.807, 2.05) is 24.3 Å². The predicted octanol–water partition coefficient (Wildman–Crippen LogP) is 21.4. The van der Waals surface area contributed by atoms with Crippen LogP contribution in [0.15, 0.2) is 291 Å². The van der Waals surface area contributed by atoms with Gasteiger partial charge in [-0.2, -0.15) is 0 Å². The molecule has 0 radical (unpaired) electrons. The molecule has 16 rings (SSSR count). The molecule has 2 aromatic heterocycles. The highest BCUT2D eigenvalue weighted by molar-refractivity contribution is 6.24. The molecule has 0 fully saturated rings.